The number of rotatable bonds is 7. The van der Waals surface area contributed by atoms with Crippen LogP contribution in [0.25, 0.3) is 17.1 Å². The Bertz CT molecular complexity index is 978. The van der Waals surface area contributed by atoms with Crippen molar-refractivity contribution in [2.45, 2.75) is 38.1 Å². The number of anilines is 1. The molecule has 8 heteroatoms. The summed E-state index contributed by atoms with van der Waals surface area (Å²) in [5.74, 6) is 0.861. The molecule has 164 valence electrons. The molecule has 1 aliphatic carbocycles. The number of pyridine rings is 1. The van der Waals surface area contributed by atoms with Crippen molar-refractivity contribution < 1.29 is 13.9 Å². The molecule has 0 bridgehead atoms. The van der Waals surface area contributed by atoms with Gasteiger partial charge in [0.15, 0.2) is 0 Å². The van der Waals surface area contributed by atoms with Crippen LogP contribution in [-0.2, 0) is 9.53 Å². The van der Waals surface area contributed by atoms with Crippen LogP contribution in [0, 0.1) is 0 Å². The van der Waals surface area contributed by atoms with E-state index in [4.69, 9.17) is 9.72 Å². The zero-order valence-electron chi connectivity index (χ0n) is 18.1. The summed E-state index contributed by atoms with van der Waals surface area (Å²) < 4.78 is 18.6. The number of halogens is 1. The second-order valence-corrected chi connectivity index (χ2v) is 8.19. The van der Waals surface area contributed by atoms with E-state index in [9.17, 15) is 9.18 Å². The molecule has 1 amide bonds. The highest BCUT2D eigenvalue weighted by Gasteiger charge is 2.31. The zero-order valence-corrected chi connectivity index (χ0v) is 18.1. The van der Waals surface area contributed by atoms with Gasteiger partial charge < -0.3 is 14.5 Å². The van der Waals surface area contributed by atoms with Gasteiger partial charge in [0.05, 0.1) is 24.4 Å². The fraction of sp³-hybridized carbons (Fsp3) is 0.478. The fourth-order valence-electron chi connectivity index (χ4n) is 4.05. The third kappa shape index (κ3) is 4.74. The first-order valence-electron chi connectivity index (χ1n) is 10.7. The number of methoxy groups -OCH3 is 1. The predicted octanol–water partition coefficient (Wildman–Crippen LogP) is 3.43. The second kappa shape index (κ2) is 9.09. The van der Waals surface area contributed by atoms with Gasteiger partial charge in [0.2, 0.25) is 5.91 Å². The van der Waals surface area contributed by atoms with Crippen molar-refractivity contribution in [1.29, 1.82) is 0 Å². The lowest BCUT2D eigenvalue weighted by Crippen LogP contribution is -2.54. The van der Waals surface area contributed by atoms with E-state index in [0.717, 1.165) is 43.0 Å². The van der Waals surface area contributed by atoms with E-state index in [1.54, 1.807) is 13.2 Å². The average molecular weight is 426 g/mol. The first kappa shape index (κ1) is 21.4. The standard InChI is InChI=1S/C23H28FN5O2/c1-15-13-28(9-10-29(15)22(30)8-11-31-3)21-7-6-18(23(27-21)17-4-5-17)20-12-19(16(2)24)25-14-26-20/h6-7,12,14-15,17H,2,4-5,8-11,13H2,1,3H3. The van der Waals surface area contributed by atoms with Crippen LogP contribution in [-0.4, -0.2) is 65.2 Å². The molecule has 0 aromatic carbocycles. The van der Waals surface area contributed by atoms with E-state index >= 15 is 0 Å². The van der Waals surface area contributed by atoms with Crippen LogP contribution < -0.4 is 4.90 Å². The van der Waals surface area contributed by atoms with Crippen molar-refractivity contribution in [3.8, 4) is 11.3 Å². The van der Waals surface area contributed by atoms with Crippen molar-refractivity contribution in [1.82, 2.24) is 19.9 Å². The summed E-state index contributed by atoms with van der Waals surface area (Å²) in [7, 11) is 1.61. The van der Waals surface area contributed by atoms with Crippen molar-refractivity contribution in [3.63, 3.8) is 0 Å². The molecule has 2 aromatic heterocycles. The van der Waals surface area contributed by atoms with Crippen LogP contribution in [0.2, 0.25) is 0 Å². The average Bonchev–Trinajstić information content (AvgIpc) is 3.62. The molecule has 0 radical (unpaired) electrons. The van der Waals surface area contributed by atoms with Gasteiger partial charge in [-0.3, -0.25) is 4.79 Å². The highest BCUT2D eigenvalue weighted by Crippen LogP contribution is 2.44. The van der Waals surface area contributed by atoms with Gasteiger partial charge in [-0.2, -0.15) is 0 Å². The van der Waals surface area contributed by atoms with Crippen LogP contribution in [0.4, 0.5) is 10.2 Å². The monoisotopic (exact) mass is 425 g/mol. The van der Waals surface area contributed by atoms with Gasteiger partial charge in [-0.15, -0.1) is 0 Å². The van der Waals surface area contributed by atoms with Gasteiger partial charge in [-0.25, -0.2) is 19.3 Å². The predicted molar refractivity (Wildman–Crippen MR) is 117 cm³/mol. The molecular weight excluding hydrogens is 397 g/mol. The SMILES string of the molecule is C=C(F)c1cc(-c2ccc(N3CCN(C(=O)CCOC)C(C)C3)nc2C2CC2)ncn1. The van der Waals surface area contributed by atoms with E-state index < -0.39 is 5.83 Å². The molecule has 1 atom stereocenters. The van der Waals surface area contributed by atoms with Crippen LogP contribution in [0.3, 0.4) is 0 Å². The minimum absolute atomic E-state index is 0.101. The molecule has 1 saturated heterocycles. The number of nitrogens with zero attached hydrogens (tertiary/aromatic N) is 5. The molecule has 1 aliphatic heterocycles. The summed E-state index contributed by atoms with van der Waals surface area (Å²) in [5.41, 5.74) is 2.76. The van der Waals surface area contributed by atoms with E-state index in [-0.39, 0.29) is 17.6 Å². The highest BCUT2D eigenvalue weighted by atomic mass is 19.1. The summed E-state index contributed by atoms with van der Waals surface area (Å²) in [6.45, 7) is 7.98. The third-order valence-corrected chi connectivity index (χ3v) is 5.89. The second-order valence-electron chi connectivity index (χ2n) is 8.19. The van der Waals surface area contributed by atoms with Crippen LogP contribution >= 0.6 is 0 Å². The summed E-state index contributed by atoms with van der Waals surface area (Å²) in [6, 6.07) is 5.73. The number of hydrogen-bond donors (Lipinski definition) is 0. The topological polar surface area (TPSA) is 71.5 Å². The third-order valence-electron chi connectivity index (χ3n) is 5.89. The smallest absolute Gasteiger partial charge is 0.225 e. The molecule has 1 saturated carbocycles. The normalized spacial score (nSPS) is 18.9. The number of piperazine rings is 1. The highest BCUT2D eigenvalue weighted by molar-refractivity contribution is 5.77. The minimum atomic E-state index is -0.576. The maximum atomic E-state index is 13.6. The number of hydrogen-bond acceptors (Lipinski definition) is 6. The molecule has 31 heavy (non-hydrogen) atoms. The first-order chi connectivity index (χ1) is 15.0. The Hall–Kier alpha value is -2.87. The number of carbonyl (C=O) groups is 1. The molecule has 0 N–H and O–H groups in total. The molecule has 7 nitrogen and oxygen atoms in total. The van der Waals surface area contributed by atoms with Gasteiger partial charge in [0.25, 0.3) is 0 Å². The molecule has 4 rings (SSSR count). The molecular formula is C23H28FN5O2. The number of ether oxygens (including phenoxy) is 1. The molecule has 0 spiro atoms. The quantitative estimate of drug-likeness (QED) is 0.677. The summed E-state index contributed by atoms with van der Waals surface area (Å²) >= 11 is 0. The summed E-state index contributed by atoms with van der Waals surface area (Å²) in [5, 5.41) is 0. The van der Waals surface area contributed by atoms with Gasteiger partial charge in [-0.05, 0) is 38.0 Å². The van der Waals surface area contributed by atoms with E-state index in [0.29, 0.717) is 31.2 Å². The number of carbonyl (C=O) groups excluding carboxylic acids is 1. The lowest BCUT2D eigenvalue weighted by atomic mass is 10.1. The Kier molecular flexibility index (Phi) is 6.27. The van der Waals surface area contributed by atoms with E-state index in [1.807, 2.05) is 17.0 Å². The zero-order chi connectivity index (χ0) is 22.0. The lowest BCUT2D eigenvalue weighted by Gasteiger charge is -2.40. The Morgan fingerprint density at radius 1 is 1.29 bits per heavy atom. The molecule has 2 aromatic rings. The fourth-order valence-corrected chi connectivity index (χ4v) is 4.05. The molecule has 2 fully saturated rings. The van der Waals surface area contributed by atoms with E-state index in [2.05, 4.69) is 28.4 Å². The summed E-state index contributed by atoms with van der Waals surface area (Å²) in [6.07, 6.45) is 3.96. The van der Waals surface area contributed by atoms with Crippen LogP contribution in [0.5, 0.6) is 0 Å². The Morgan fingerprint density at radius 3 is 2.77 bits per heavy atom. The molecule has 1 unspecified atom stereocenters. The minimum Gasteiger partial charge on any atom is -0.384 e. The maximum absolute atomic E-state index is 13.6. The first-order valence-corrected chi connectivity index (χ1v) is 10.7. The molecule has 3 heterocycles. The van der Waals surface area contributed by atoms with Crippen molar-refractivity contribution >= 4 is 17.6 Å². The Labute approximate surface area is 182 Å². The lowest BCUT2D eigenvalue weighted by molar-refractivity contribution is -0.134. The Morgan fingerprint density at radius 2 is 2.10 bits per heavy atom. The maximum Gasteiger partial charge on any atom is 0.225 e. The van der Waals surface area contributed by atoms with Crippen LogP contribution in [0.15, 0.2) is 31.1 Å². The largest absolute Gasteiger partial charge is 0.384 e. The number of amides is 1. The molecule has 2 aliphatic rings. The van der Waals surface area contributed by atoms with Gasteiger partial charge in [0, 0.05) is 44.3 Å². The van der Waals surface area contributed by atoms with E-state index in [1.165, 1.54) is 6.33 Å². The van der Waals surface area contributed by atoms with Crippen LogP contribution in [0.1, 0.15) is 43.5 Å². The van der Waals surface area contributed by atoms with Crippen molar-refractivity contribution in [2.75, 3.05) is 38.3 Å². The van der Waals surface area contributed by atoms with Crippen molar-refractivity contribution in [3.05, 3.63) is 42.5 Å². The van der Waals surface area contributed by atoms with Gasteiger partial charge in [0.1, 0.15) is 23.7 Å². The summed E-state index contributed by atoms with van der Waals surface area (Å²) in [4.78, 5) is 29.8. The van der Waals surface area contributed by atoms with Gasteiger partial charge >= 0.3 is 0 Å². The van der Waals surface area contributed by atoms with Gasteiger partial charge in [-0.1, -0.05) is 6.58 Å². The van der Waals surface area contributed by atoms with Crippen molar-refractivity contribution in [2.24, 2.45) is 0 Å². The number of aromatic nitrogens is 3. The Balaban J connectivity index is 1.55.